The molecule has 4 nitrogen and oxygen atoms in total. The van der Waals surface area contributed by atoms with Gasteiger partial charge in [-0.3, -0.25) is 0 Å². The first-order valence-electron chi connectivity index (χ1n) is 5.42. The average Bonchev–Trinajstić information content (AvgIpc) is 2.34. The fourth-order valence-corrected chi connectivity index (χ4v) is 1.13. The molecule has 3 N–H and O–H groups in total. The first kappa shape index (κ1) is 15.7. The average molecular weight is 259 g/mol. The standard InChI is InChI=1S/C12H18N2O2.ClH/c1-2-11(13)8-14-12(15)16-9-10-6-4-3-5-7-10;/h3-7,11H,2,8-9,13H2,1H3,(H,14,15);1H. The van der Waals surface area contributed by atoms with Crippen molar-refractivity contribution in [1.82, 2.24) is 5.32 Å². The van der Waals surface area contributed by atoms with Crippen molar-refractivity contribution in [2.45, 2.75) is 26.0 Å². The molecule has 0 spiro atoms. The quantitative estimate of drug-likeness (QED) is 0.850. The van der Waals surface area contributed by atoms with E-state index in [1.807, 2.05) is 37.3 Å². The number of carbonyl (C=O) groups excluding carboxylic acids is 1. The van der Waals surface area contributed by atoms with Crippen molar-refractivity contribution in [3.63, 3.8) is 0 Å². The van der Waals surface area contributed by atoms with Crippen LogP contribution in [0.15, 0.2) is 30.3 Å². The lowest BCUT2D eigenvalue weighted by Crippen LogP contribution is -2.36. The molecular formula is C12H19ClN2O2. The number of amides is 1. The Hall–Kier alpha value is -1.26. The highest BCUT2D eigenvalue weighted by Crippen LogP contribution is 2.00. The third-order valence-corrected chi connectivity index (χ3v) is 2.25. The molecule has 96 valence electrons. The lowest BCUT2D eigenvalue weighted by molar-refractivity contribution is 0.139. The summed E-state index contributed by atoms with van der Waals surface area (Å²) in [6, 6.07) is 9.54. The van der Waals surface area contributed by atoms with Gasteiger partial charge >= 0.3 is 6.09 Å². The summed E-state index contributed by atoms with van der Waals surface area (Å²) in [6.45, 7) is 2.71. The van der Waals surface area contributed by atoms with Gasteiger partial charge in [-0.1, -0.05) is 37.3 Å². The monoisotopic (exact) mass is 258 g/mol. The molecule has 17 heavy (non-hydrogen) atoms. The molecule has 5 heteroatoms. The van der Waals surface area contributed by atoms with E-state index in [2.05, 4.69) is 5.32 Å². The fourth-order valence-electron chi connectivity index (χ4n) is 1.13. The van der Waals surface area contributed by atoms with Crippen molar-refractivity contribution in [2.75, 3.05) is 6.54 Å². The number of carbonyl (C=O) groups is 1. The van der Waals surface area contributed by atoms with Crippen LogP contribution in [-0.2, 0) is 11.3 Å². The van der Waals surface area contributed by atoms with Crippen molar-refractivity contribution in [2.24, 2.45) is 5.73 Å². The molecule has 1 amide bonds. The molecule has 0 aliphatic rings. The number of rotatable bonds is 5. The minimum absolute atomic E-state index is 0. The van der Waals surface area contributed by atoms with Crippen LogP contribution in [0, 0.1) is 0 Å². The van der Waals surface area contributed by atoms with Crippen molar-refractivity contribution in [3.8, 4) is 0 Å². The summed E-state index contributed by atoms with van der Waals surface area (Å²) in [5.74, 6) is 0. The maximum absolute atomic E-state index is 11.2. The second kappa shape index (κ2) is 8.84. The first-order valence-corrected chi connectivity index (χ1v) is 5.42. The van der Waals surface area contributed by atoms with E-state index in [-0.39, 0.29) is 25.1 Å². The maximum atomic E-state index is 11.2. The van der Waals surface area contributed by atoms with E-state index >= 15 is 0 Å². The van der Waals surface area contributed by atoms with Crippen LogP contribution < -0.4 is 11.1 Å². The van der Waals surface area contributed by atoms with Crippen LogP contribution in [0.5, 0.6) is 0 Å². The molecule has 0 radical (unpaired) electrons. The van der Waals surface area contributed by atoms with Gasteiger partial charge in [0.15, 0.2) is 0 Å². The van der Waals surface area contributed by atoms with E-state index in [9.17, 15) is 4.79 Å². The molecule has 0 bridgehead atoms. The molecule has 0 saturated carbocycles. The maximum Gasteiger partial charge on any atom is 0.407 e. The molecule has 0 heterocycles. The zero-order chi connectivity index (χ0) is 11.8. The predicted octanol–water partition coefficient (Wildman–Crippen LogP) is 2.07. The van der Waals surface area contributed by atoms with Gasteiger partial charge in [0.2, 0.25) is 0 Å². The minimum Gasteiger partial charge on any atom is -0.445 e. The van der Waals surface area contributed by atoms with Crippen molar-refractivity contribution in [3.05, 3.63) is 35.9 Å². The van der Waals surface area contributed by atoms with E-state index in [1.54, 1.807) is 0 Å². The Kier molecular flexibility index (Phi) is 8.19. The third-order valence-electron chi connectivity index (χ3n) is 2.25. The lowest BCUT2D eigenvalue weighted by atomic mass is 10.2. The SMILES string of the molecule is CCC(N)CNC(=O)OCc1ccccc1.Cl. The van der Waals surface area contributed by atoms with Gasteiger partial charge in [0.05, 0.1) is 0 Å². The zero-order valence-electron chi connectivity index (χ0n) is 9.89. The molecular weight excluding hydrogens is 240 g/mol. The van der Waals surface area contributed by atoms with Gasteiger partial charge in [0, 0.05) is 12.6 Å². The van der Waals surface area contributed by atoms with Crippen LogP contribution in [0.3, 0.4) is 0 Å². The number of halogens is 1. The summed E-state index contributed by atoms with van der Waals surface area (Å²) in [4.78, 5) is 11.2. The summed E-state index contributed by atoms with van der Waals surface area (Å²) in [6.07, 6.45) is 0.409. The van der Waals surface area contributed by atoms with Crippen LogP contribution in [0.1, 0.15) is 18.9 Å². The molecule has 1 unspecified atom stereocenters. The van der Waals surface area contributed by atoms with Crippen LogP contribution in [0.25, 0.3) is 0 Å². The highest BCUT2D eigenvalue weighted by Gasteiger charge is 2.04. The van der Waals surface area contributed by atoms with Gasteiger partial charge in [-0.15, -0.1) is 12.4 Å². The Bertz CT molecular complexity index is 320. The number of nitrogens with one attached hydrogen (secondary N) is 1. The molecule has 1 rings (SSSR count). The summed E-state index contributed by atoms with van der Waals surface area (Å²) >= 11 is 0. The van der Waals surface area contributed by atoms with Gasteiger partial charge in [0.25, 0.3) is 0 Å². The van der Waals surface area contributed by atoms with Crippen LogP contribution in [-0.4, -0.2) is 18.7 Å². The van der Waals surface area contributed by atoms with Gasteiger partial charge in [-0.25, -0.2) is 4.79 Å². The van der Waals surface area contributed by atoms with Crippen LogP contribution in [0.4, 0.5) is 4.79 Å². The molecule has 1 aromatic carbocycles. The van der Waals surface area contributed by atoms with Crippen molar-refractivity contribution in [1.29, 1.82) is 0 Å². The molecule has 0 saturated heterocycles. The second-order valence-corrected chi connectivity index (χ2v) is 3.61. The first-order chi connectivity index (χ1) is 7.72. The molecule has 0 aliphatic heterocycles. The number of ether oxygens (including phenoxy) is 1. The van der Waals surface area contributed by atoms with Gasteiger partial charge < -0.3 is 15.8 Å². The second-order valence-electron chi connectivity index (χ2n) is 3.61. The predicted molar refractivity (Wildman–Crippen MR) is 70.1 cm³/mol. The number of benzene rings is 1. The normalized spacial score (nSPS) is 11.2. The van der Waals surface area contributed by atoms with Crippen molar-refractivity contribution < 1.29 is 9.53 Å². The number of hydrogen-bond acceptors (Lipinski definition) is 3. The van der Waals surface area contributed by atoms with E-state index in [0.29, 0.717) is 6.54 Å². The minimum atomic E-state index is -0.423. The molecule has 1 atom stereocenters. The Morgan fingerprint density at radius 3 is 2.65 bits per heavy atom. The third kappa shape index (κ3) is 6.81. The Morgan fingerprint density at radius 2 is 2.06 bits per heavy atom. The summed E-state index contributed by atoms with van der Waals surface area (Å²) in [5.41, 5.74) is 6.63. The summed E-state index contributed by atoms with van der Waals surface area (Å²) in [7, 11) is 0. The number of nitrogens with two attached hydrogens (primary N) is 1. The number of hydrogen-bond donors (Lipinski definition) is 2. The van der Waals surface area contributed by atoms with E-state index in [4.69, 9.17) is 10.5 Å². The van der Waals surface area contributed by atoms with Gasteiger partial charge in [-0.05, 0) is 12.0 Å². The van der Waals surface area contributed by atoms with E-state index in [1.165, 1.54) is 0 Å². The molecule has 0 fully saturated rings. The highest BCUT2D eigenvalue weighted by molar-refractivity contribution is 5.85. The Morgan fingerprint density at radius 1 is 1.41 bits per heavy atom. The van der Waals surface area contributed by atoms with Crippen LogP contribution >= 0.6 is 12.4 Å². The van der Waals surface area contributed by atoms with Crippen molar-refractivity contribution >= 4 is 18.5 Å². The van der Waals surface area contributed by atoms with Gasteiger partial charge in [-0.2, -0.15) is 0 Å². The Labute approximate surface area is 108 Å². The van der Waals surface area contributed by atoms with Gasteiger partial charge in [0.1, 0.15) is 6.61 Å². The molecule has 0 aliphatic carbocycles. The van der Waals surface area contributed by atoms with Crippen LogP contribution in [0.2, 0.25) is 0 Å². The Balaban J connectivity index is 0.00000256. The smallest absolute Gasteiger partial charge is 0.407 e. The fraction of sp³-hybridized carbons (Fsp3) is 0.417. The largest absolute Gasteiger partial charge is 0.445 e. The molecule has 1 aromatic rings. The topological polar surface area (TPSA) is 64.3 Å². The lowest BCUT2D eigenvalue weighted by Gasteiger charge is -2.10. The highest BCUT2D eigenvalue weighted by atomic mass is 35.5. The summed E-state index contributed by atoms with van der Waals surface area (Å²) < 4.78 is 5.02. The van der Waals surface area contributed by atoms with E-state index < -0.39 is 6.09 Å². The van der Waals surface area contributed by atoms with E-state index in [0.717, 1.165) is 12.0 Å². The number of alkyl carbamates (subject to hydrolysis) is 1. The zero-order valence-corrected chi connectivity index (χ0v) is 10.7. The summed E-state index contributed by atoms with van der Waals surface area (Å²) in [5, 5.41) is 2.62. The molecule has 0 aromatic heterocycles.